The van der Waals surface area contributed by atoms with Gasteiger partial charge in [0.25, 0.3) is 5.91 Å². The van der Waals surface area contributed by atoms with Gasteiger partial charge in [-0.15, -0.1) is 0 Å². The minimum absolute atomic E-state index is 0.0970. The molecule has 1 N–H and O–H groups in total. The van der Waals surface area contributed by atoms with Crippen molar-refractivity contribution in [2.75, 3.05) is 34.2 Å². The molecular weight excluding hydrogens is 382 g/mol. The molecule has 3 rings (SSSR count). The number of methoxy groups -OCH3 is 2. The number of Topliss-reactive ketones (excluding diaryl/α,β-unsaturated/α-hetero) is 1. The topological polar surface area (TPSA) is 109 Å². The number of benzene rings is 2. The van der Waals surface area contributed by atoms with Gasteiger partial charge in [-0.2, -0.15) is 0 Å². The van der Waals surface area contributed by atoms with Crippen LogP contribution < -0.4 is 24.3 Å². The molecule has 0 fully saturated rings. The van der Waals surface area contributed by atoms with Gasteiger partial charge >= 0.3 is 5.97 Å². The highest BCUT2D eigenvalue weighted by Crippen LogP contribution is 2.32. The third kappa shape index (κ3) is 4.75. The fraction of sp³-hybridized carbons (Fsp3) is 0.250. The van der Waals surface area contributed by atoms with Crippen molar-refractivity contribution in [1.82, 2.24) is 5.32 Å². The molecule has 1 heterocycles. The van der Waals surface area contributed by atoms with Gasteiger partial charge in [0.15, 0.2) is 18.1 Å². The standard InChI is InChI=1S/C20H19NO8/c1-25-13-4-5-14(17(8-13)26-2)15(22)10-27-19(23)9-21-20(24)12-3-6-16-18(7-12)29-11-28-16/h3-8H,9-11H2,1-2H3,(H,21,24). The van der Waals surface area contributed by atoms with Crippen LogP contribution in [0.5, 0.6) is 23.0 Å². The number of carbonyl (C=O) groups excluding carboxylic acids is 3. The first-order valence-electron chi connectivity index (χ1n) is 8.60. The Kier molecular flexibility index (Phi) is 6.18. The van der Waals surface area contributed by atoms with E-state index in [1.54, 1.807) is 24.3 Å². The fourth-order valence-corrected chi connectivity index (χ4v) is 2.60. The zero-order valence-electron chi connectivity index (χ0n) is 15.9. The Hall–Kier alpha value is -3.75. The zero-order chi connectivity index (χ0) is 20.8. The van der Waals surface area contributed by atoms with Crippen LogP contribution in [-0.4, -0.2) is 51.8 Å². The van der Waals surface area contributed by atoms with Crippen molar-refractivity contribution in [1.29, 1.82) is 0 Å². The molecule has 152 valence electrons. The van der Waals surface area contributed by atoms with Crippen LogP contribution >= 0.6 is 0 Å². The SMILES string of the molecule is COc1ccc(C(=O)COC(=O)CNC(=O)c2ccc3c(c2)OCO3)c(OC)c1. The lowest BCUT2D eigenvalue weighted by atomic mass is 10.1. The summed E-state index contributed by atoms with van der Waals surface area (Å²) in [4.78, 5) is 36.3. The molecule has 2 aromatic rings. The average Bonchev–Trinajstić information content (AvgIpc) is 3.23. The van der Waals surface area contributed by atoms with Crippen LogP contribution in [0.25, 0.3) is 0 Å². The molecule has 1 amide bonds. The van der Waals surface area contributed by atoms with Gasteiger partial charge in [0.1, 0.15) is 18.0 Å². The van der Waals surface area contributed by atoms with Crippen molar-refractivity contribution in [2.45, 2.75) is 0 Å². The monoisotopic (exact) mass is 401 g/mol. The Morgan fingerprint density at radius 1 is 1.00 bits per heavy atom. The second-order valence-corrected chi connectivity index (χ2v) is 5.90. The number of amides is 1. The lowest BCUT2D eigenvalue weighted by Gasteiger charge is -2.10. The van der Waals surface area contributed by atoms with E-state index in [4.69, 9.17) is 23.7 Å². The van der Waals surface area contributed by atoms with Crippen LogP contribution in [0.2, 0.25) is 0 Å². The first kappa shape index (κ1) is 20.0. The third-order valence-corrected chi connectivity index (χ3v) is 4.10. The molecule has 9 heteroatoms. The quantitative estimate of drug-likeness (QED) is 0.525. The van der Waals surface area contributed by atoms with E-state index in [1.807, 2.05) is 0 Å². The third-order valence-electron chi connectivity index (χ3n) is 4.10. The molecule has 0 atom stereocenters. The van der Waals surface area contributed by atoms with E-state index in [0.717, 1.165) is 0 Å². The minimum Gasteiger partial charge on any atom is -0.497 e. The van der Waals surface area contributed by atoms with Gasteiger partial charge in [0.2, 0.25) is 12.6 Å². The van der Waals surface area contributed by atoms with Gasteiger partial charge in [-0.25, -0.2) is 0 Å². The predicted molar refractivity (Wildman–Crippen MR) is 99.7 cm³/mol. The number of esters is 1. The van der Waals surface area contributed by atoms with E-state index >= 15 is 0 Å². The van der Waals surface area contributed by atoms with Crippen molar-refractivity contribution >= 4 is 17.7 Å². The van der Waals surface area contributed by atoms with Gasteiger partial charge in [-0.05, 0) is 30.3 Å². The molecule has 0 spiro atoms. The summed E-state index contributed by atoms with van der Waals surface area (Å²) in [6, 6.07) is 9.35. The number of ketones is 1. The van der Waals surface area contributed by atoms with Crippen LogP contribution in [-0.2, 0) is 9.53 Å². The number of nitrogens with one attached hydrogen (secondary N) is 1. The molecule has 0 saturated carbocycles. The largest absolute Gasteiger partial charge is 0.497 e. The van der Waals surface area contributed by atoms with Crippen LogP contribution in [0.3, 0.4) is 0 Å². The molecule has 0 unspecified atom stereocenters. The highest BCUT2D eigenvalue weighted by Gasteiger charge is 2.18. The van der Waals surface area contributed by atoms with E-state index in [9.17, 15) is 14.4 Å². The maximum atomic E-state index is 12.3. The maximum absolute atomic E-state index is 12.3. The summed E-state index contributed by atoms with van der Waals surface area (Å²) in [5.41, 5.74) is 0.562. The fourth-order valence-electron chi connectivity index (χ4n) is 2.60. The maximum Gasteiger partial charge on any atom is 0.325 e. The zero-order valence-corrected chi connectivity index (χ0v) is 15.9. The second kappa shape index (κ2) is 8.96. The lowest BCUT2D eigenvalue weighted by molar-refractivity contribution is -0.141. The van der Waals surface area contributed by atoms with Gasteiger partial charge in [0.05, 0.1) is 19.8 Å². The molecule has 0 radical (unpaired) electrons. The number of hydrogen-bond acceptors (Lipinski definition) is 8. The van der Waals surface area contributed by atoms with E-state index in [0.29, 0.717) is 28.6 Å². The first-order valence-corrected chi connectivity index (χ1v) is 8.60. The van der Waals surface area contributed by atoms with Crippen molar-refractivity contribution in [2.24, 2.45) is 0 Å². The summed E-state index contributed by atoms with van der Waals surface area (Å²) >= 11 is 0. The molecule has 0 aromatic heterocycles. The van der Waals surface area contributed by atoms with E-state index in [1.165, 1.54) is 26.4 Å². The number of carbonyl (C=O) groups is 3. The lowest BCUT2D eigenvalue weighted by Crippen LogP contribution is -2.31. The summed E-state index contributed by atoms with van der Waals surface area (Å²) in [5, 5.41) is 2.43. The highest BCUT2D eigenvalue weighted by molar-refractivity contribution is 6.01. The smallest absolute Gasteiger partial charge is 0.325 e. The molecule has 1 aliphatic heterocycles. The normalized spacial score (nSPS) is 11.5. The molecule has 9 nitrogen and oxygen atoms in total. The van der Waals surface area contributed by atoms with E-state index in [-0.39, 0.29) is 18.9 Å². The summed E-state index contributed by atoms with van der Waals surface area (Å²) in [7, 11) is 2.92. The van der Waals surface area contributed by atoms with Gasteiger partial charge < -0.3 is 29.0 Å². The molecule has 0 saturated heterocycles. The molecule has 0 bridgehead atoms. The summed E-state index contributed by atoms with van der Waals surface area (Å²) in [6.45, 7) is -0.776. The van der Waals surface area contributed by atoms with Gasteiger partial charge in [-0.1, -0.05) is 0 Å². The number of fused-ring (bicyclic) bond motifs is 1. The first-order chi connectivity index (χ1) is 14.0. The van der Waals surface area contributed by atoms with Crippen LogP contribution in [0.1, 0.15) is 20.7 Å². The van der Waals surface area contributed by atoms with Crippen molar-refractivity contribution in [3.63, 3.8) is 0 Å². The Morgan fingerprint density at radius 2 is 1.79 bits per heavy atom. The number of hydrogen-bond donors (Lipinski definition) is 1. The summed E-state index contributed by atoms with van der Waals surface area (Å²) in [5.74, 6) is 0.166. The Labute approximate surface area is 166 Å². The van der Waals surface area contributed by atoms with Gasteiger partial charge in [0, 0.05) is 11.6 Å². The van der Waals surface area contributed by atoms with Crippen molar-refractivity contribution < 1.29 is 38.1 Å². The highest BCUT2D eigenvalue weighted by atomic mass is 16.7. The molecule has 2 aromatic carbocycles. The van der Waals surface area contributed by atoms with Crippen molar-refractivity contribution in [3.8, 4) is 23.0 Å². The van der Waals surface area contributed by atoms with Crippen LogP contribution in [0.15, 0.2) is 36.4 Å². The molecule has 29 heavy (non-hydrogen) atoms. The van der Waals surface area contributed by atoms with E-state index < -0.39 is 24.3 Å². The summed E-state index contributed by atoms with van der Waals surface area (Å²) in [6.07, 6.45) is 0. The van der Waals surface area contributed by atoms with Crippen LogP contribution in [0.4, 0.5) is 0 Å². The Balaban J connectivity index is 1.50. The van der Waals surface area contributed by atoms with Crippen LogP contribution in [0, 0.1) is 0 Å². The number of rotatable bonds is 8. The number of ether oxygens (including phenoxy) is 5. The van der Waals surface area contributed by atoms with E-state index in [2.05, 4.69) is 5.32 Å². The predicted octanol–water partition coefficient (Wildman–Crippen LogP) is 1.59. The van der Waals surface area contributed by atoms with Gasteiger partial charge in [-0.3, -0.25) is 14.4 Å². The molecule has 1 aliphatic rings. The molecular formula is C20H19NO8. The Morgan fingerprint density at radius 3 is 2.55 bits per heavy atom. The minimum atomic E-state index is -0.750. The summed E-state index contributed by atoms with van der Waals surface area (Å²) < 4.78 is 25.6. The second-order valence-electron chi connectivity index (χ2n) is 5.90. The average molecular weight is 401 g/mol. The van der Waals surface area contributed by atoms with Crippen molar-refractivity contribution in [3.05, 3.63) is 47.5 Å². The molecule has 0 aliphatic carbocycles. The Bertz CT molecular complexity index is 940.